The molecule has 1 aliphatic rings. The maximum Gasteiger partial charge on any atom is 0.416 e. The van der Waals surface area contributed by atoms with Crippen LogP contribution in [0.15, 0.2) is 65.6 Å². The van der Waals surface area contributed by atoms with Crippen molar-refractivity contribution < 1.29 is 27.4 Å². The number of halogens is 5. The van der Waals surface area contributed by atoms with Gasteiger partial charge in [0.05, 0.1) is 26.3 Å². The SMILES string of the molecule is CCOc1cc(/C=C2\SC(=S)N(c3cccc(C(F)(F)F)c3)C2=O)cc(I)c1OCc1ccccc1Cl. The highest BCUT2D eigenvalue weighted by Gasteiger charge is 2.36. The van der Waals surface area contributed by atoms with Crippen molar-refractivity contribution in [2.75, 3.05) is 11.5 Å². The second kappa shape index (κ2) is 11.6. The quantitative estimate of drug-likeness (QED) is 0.143. The van der Waals surface area contributed by atoms with Gasteiger partial charge in [0.15, 0.2) is 15.8 Å². The van der Waals surface area contributed by atoms with Crippen LogP contribution in [0.1, 0.15) is 23.6 Å². The second-order valence-electron chi connectivity index (χ2n) is 7.71. The smallest absolute Gasteiger partial charge is 0.416 e. The van der Waals surface area contributed by atoms with Crippen LogP contribution in [0.4, 0.5) is 18.9 Å². The summed E-state index contributed by atoms with van der Waals surface area (Å²) in [6.45, 7) is 2.47. The summed E-state index contributed by atoms with van der Waals surface area (Å²) in [6, 6.07) is 15.5. The van der Waals surface area contributed by atoms with Crippen LogP contribution in [0.5, 0.6) is 11.5 Å². The summed E-state index contributed by atoms with van der Waals surface area (Å²) in [5, 5.41) is 0.592. The molecule has 1 amide bonds. The number of hydrogen-bond acceptors (Lipinski definition) is 5. The minimum atomic E-state index is -4.53. The first kappa shape index (κ1) is 27.7. The van der Waals surface area contributed by atoms with Crippen LogP contribution in [-0.2, 0) is 17.6 Å². The van der Waals surface area contributed by atoms with Crippen LogP contribution in [0, 0.1) is 3.57 Å². The maximum absolute atomic E-state index is 13.2. The van der Waals surface area contributed by atoms with Crippen LogP contribution in [0.2, 0.25) is 5.02 Å². The molecule has 0 radical (unpaired) electrons. The molecule has 0 atom stereocenters. The fourth-order valence-electron chi connectivity index (χ4n) is 3.50. The van der Waals surface area contributed by atoms with Crippen molar-refractivity contribution >= 4 is 80.2 Å². The highest BCUT2D eigenvalue weighted by atomic mass is 127. The molecular formula is C26H18ClF3INO3S2. The van der Waals surface area contributed by atoms with Crippen molar-refractivity contribution in [2.45, 2.75) is 19.7 Å². The van der Waals surface area contributed by atoms with Crippen LogP contribution >= 0.6 is 58.2 Å². The first-order chi connectivity index (χ1) is 17.6. The molecule has 4 rings (SSSR count). The van der Waals surface area contributed by atoms with E-state index in [-0.39, 0.29) is 21.5 Å². The van der Waals surface area contributed by atoms with E-state index in [0.29, 0.717) is 28.7 Å². The van der Waals surface area contributed by atoms with Gasteiger partial charge in [0, 0.05) is 10.6 Å². The van der Waals surface area contributed by atoms with E-state index in [1.807, 2.05) is 31.2 Å². The Hall–Kier alpha value is -2.28. The Kier molecular flexibility index (Phi) is 8.72. The fraction of sp³-hybridized carbons (Fsp3) is 0.154. The monoisotopic (exact) mass is 675 g/mol. The van der Waals surface area contributed by atoms with Gasteiger partial charge in [0.2, 0.25) is 0 Å². The van der Waals surface area contributed by atoms with E-state index in [4.69, 9.17) is 33.3 Å². The Morgan fingerprint density at radius 3 is 2.57 bits per heavy atom. The van der Waals surface area contributed by atoms with Gasteiger partial charge in [0.1, 0.15) is 6.61 Å². The largest absolute Gasteiger partial charge is 0.490 e. The van der Waals surface area contributed by atoms with Gasteiger partial charge in [-0.15, -0.1) is 0 Å². The summed E-state index contributed by atoms with van der Waals surface area (Å²) >= 11 is 14.7. The van der Waals surface area contributed by atoms with Crippen molar-refractivity contribution in [3.05, 3.63) is 90.9 Å². The minimum absolute atomic E-state index is 0.0635. The molecule has 0 bridgehead atoms. The summed E-state index contributed by atoms with van der Waals surface area (Å²) in [6.07, 6.45) is -2.90. The molecule has 1 aliphatic heterocycles. The topological polar surface area (TPSA) is 38.8 Å². The fourth-order valence-corrected chi connectivity index (χ4v) is 5.77. The van der Waals surface area contributed by atoms with Gasteiger partial charge < -0.3 is 9.47 Å². The zero-order valence-corrected chi connectivity index (χ0v) is 23.7. The predicted octanol–water partition coefficient (Wildman–Crippen LogP) is 8.35. The third-order valence-corrected chi connectivity index (χ3v) is 7.66. The average molecular weight is 676 g/mol. The number of alkyl halides is 3. The van der Waals surface area contributed by atoms with Crippen LogP contribution in [0.25, 0.3) is 6.08 Å². The molecule has 3 aromatic rings. The van der Waals surface area contributed by atoms with E-state index in [2.05, 4.69) is 22.6 Å². The molecule has 1 heterocycles. The summed E-state index contributed by atoms with van der Waals surface area (Å²) in [5.41, 5.74) is 0.687. The molecule has 1 saturated heterocycles. The van der Waals surface area contributed by atoms with Gasteiger partial charge >= 0.3 is 6.18 Å². The average Bonchev–Trinajstić information content (AvgIpc) is 3.11. The van der Waals surface area contributed by atoms with Gasteiger partial charge in [-0.3, -0.25) is 9.69 Å². The molecule has 0 aromatic heterocycles. The molecule has 192 valence electrons. The lowest BCUT2D eigenvalue weighted by Gasteiger charge is -2.16. The molecule has 0 aliphatic carbocycles. The predicted molar refractivity (Wildman–Crippen MR) is 153 cm³/mol. The van der Waals surface area contributed by atoms with Crippen molar-refractivity contribution in [1.29, 1.82) is 0 Å². The number of carbonyl (C=O) groups excluding carboxylic acids is 1. The maximum atomic E-state index is 13.2. The molecule has 3 aromatic carbocycles. The summed E-state index contributed by atoms with van der Waals surface area (Å²) in [5.74, 6) is 0.526. The standard InChI is InChI=1S/C26H18ClF3INO3S2/c1-2-34-21-11-15(10-20(31)23(21)35-14-16-6-3-4-9-19(16)27)12-22-24(33)32(25(36)37-22)18-8-5-7-17(13-18)26(28,29)30/h3-13H,2,14H2,1H3/b22-12-. The number of amides is 1. The minimum Gasteiger partial charge on any atom is -0.490 e. The number of rotatable bonds is 7. The Morgan fingerprint density at radius 1 is 1.11 bits per heavy atom. The highest BCUT2D eigenvalue weighted by molar-refractivity contribution is 14.1. The van der Waals surface area contributed by atoms with E-state index in [1.54, 1.807) is 18.2 Å². The number of hydrogen-bond donors (Lipinski definition) is 0. The number of carbonyl (C=O) groups is 1. The van der Waals surface area contributed by atoms with E-state index in [9.17, 15) is 18.0 Å². The Balaban J connectivity index is 1.61. The third-order valence-electron chi connectivity index (χ3n) is 5.18. The van der Waals surface area contributed by atoms with Crippen LogP contribution in [0.3, 0.4) is 0 Å². The third kappa shape index (κ3) is 6.42. The number of anilines is 1. The van der Waals surface area contributed by atoms with Gasteiger partial charge in [-0.1, -0.05) is 59.8 Å². The summed E-state index contributed by atoms with van der Waals surface area (Å²) in [7, 11) is 0. The molecule has 11 heteroatoms. The number of thiocarbonyl (C=S) groups is 1. The van der Waals surface area contributed by atoms with Gasteiger partial charge in [-0.25, -0.2) is 0 Å². The van der Waals surface area contributed by atoms with E-state index < -0.39 is 17.6 Å². The lowest BCUT2D eigenvalue weighted by atomic mass is 10.1. The first-order valence-electron chi connectivity index (χ1n) is 10.9. The number of benzene rings is 3. The zero-order chi connectivity index (χ0) is 26.7. The lowest BCUT2D eigenvalue weighted by molar-refractivity contribution is -0.137. The van der Waals surface area contributed by atoms with E-state index in [1.165, 1.54) is 12.1 Å². The number of nitrogens with zero attached hydrogens (tertiary/aromatic N) is 1. The summed E-state index contributed by atoms with van der Waals surface area (Å²) < 4.78 is 52.2. The number of ether oxygens (including phenoxy) is 2. The van der Waals surface area contributed by atoms with Crippen LogP contribution < -0.4 is 14.4 Å². The Bertz CT molecular complexity index is 1400. The van der Waals surface area contributed by atoms with Crippen molar-refractivity contribution in [3.8, 4) is 11.5 Å². The van der Waals surface area contributed by atoms with Gasteiger partial charge in [-0.2, -0.15) is 13.2 Å². The highest BCUT2D eigenvalue weighted by Crippen LogP contribution is 2.40. The molecule has 37 heavy (non-hydrogen) atoms. The normalized spacial score (nSPS) is 15.0. The van der Waals surface area contributed by atoms with E-state index in [0.717, 1.165) is 37.9 Å². The van der Waals surface area contributed by atoms with Crippen molar-refractivity contribution in [3.63, 3.8) is 0 Å². The lowest BCUT2D eigenvalue weighted by Crippen LogP contribution is -2.27. The van der Waals surface area contributed by atoms with E-state index >= 15 is 0 Å². The van der Waals surface area contributed by atoms with Gasteiger partial charge in [-0.05, 0) is 77.6 Å². The molecule has 4 nitrogen and oxygen atoms in total. The Morgan fingerprint density at radius 2 is 1.86 bits per heavy atom. The molecule has 0 saturated carbocycles. The summed E-state index contributed by atoms with van der Waals surface area (Å²) in [4.78, 5) is 14.5. The van der Waals surface area contributed by atoms with Gasteiger partial charge in [0.25, 0.3) is 5.91 Å². The number of thioether (sulfide) groups is 1. The molecular weight excluding hydrogens is 658 g/mol. The van der Waals surface area contributed by atoms with Crippen molar-refractivity contribution in [1.82, 2.24) is 0 Å². The molecule has 0 spiro atoms. The van der Waals surface area contributed by atoms with Crippen molar-refractivity contribution in [2.24, 2.45) is 0 Å². The second-order valence-corrected chi connectivity index (χ2v) is 11.0. The first-order valence-corrected chi connectivity index (χ1v) is 13.5. The van der Waals surface area contributed by atoms with Crippen LogP contribution in [-0.4, -0.2) is 16.8 Å². The zero-order valence-electron chi connectivity index (χ0n) is 19.1. The molecule has 1 fully saturated rings. The molecule has 0 unspecified atom stereocenters. The molecule has 0 N–H and O–H groups in total. The Labute approximate surface area is 239 Å².